The van der Waals surface area contributed by atoms with Crippen molar-refractivity contribution in [3.05, 3.63) is 48.5 Å². The number of rotatable bonds is 6. The quantitative estimate of drug-likeness (QED) is 0.506. The van der Waals surface area contributed by atoms with Gasteiger partial charge in [-0.2, -0.15) is 0 Å². The van der Waals surface area contributed by atoms with Gasteiger partial charge in [-0.3, -0.25) is 4.79 Å². The van der Waals surface area contributed by atoms with Crippen molar-refractivity contribution in [3.63, 3.8) is 0 Å². The summed E-state index contributed by atoms with van der Waals surface area (Å²) in [6.07, 6.45) is 5.65. The number of aromatic nitrogens is 2. The van der Waals surface area contributed by atoms with Crippen molar-refractivity contribution >= 4 is 23.4 Å². The first kappa shape index (κ1) is 19.9. The van der Waals surface area contributed by atoms with Gasteiger partial charge in [-0.15, -0.1) is 10.2 Å². The Labute approximate surface area is 184 Å². The number of hydrogen-bond acceptors (Lipinski definition) is 7. The summed E-state index contributed by atoms with van der Waals surface area (Å²) in [6, 6.07) is 15.6. The summed E-state index contributed by atoms with van der Waals surface area (Å²) >= 11 is 1.27. The Hall–Kier alpha value is -3.00. The molecule has 1 saturated carbocycles. The number of nitrogens with zero attached hydrogens (tertiary/aromatic N) is 3. The molecule has 0 atom stereocenters. The number of anilines is 1. The van der Waals surface area contributed by atoms with Crippen LogP contribution in [0.2, 0.25) is 0 Å². The number of hydrogen-bond donors (Lipinski definition) is 0. The Morgan fingerprint density at radius 2 is 1.81 bits per heavy atom. The highest BCUT2D eigenvalue weighted by atomic mass is 32.2. The summed E-state index contributed by atoms with van der Waals surface area (Å²) < 4.78 is 16.5. The van der Waals surface area contributed by atoms with Crippen LogP contribution in [0, 0.1) is 0 Å². The first-order chi connectivity index (χ1) is 15.3. The second-order valence-electron chi connectivity index (χ2n) is 7.62. The fourth-order valence-corrected chi connectivity index (χ4v) is 4.72. The number of carbonyl (C=O) groups is 1. The van der Waals surface area contributed by atoms with Gasteiger partial charge in [0, 0.05) is 17.3 Å². The van der Waals surface area contributed by atoms with E-state index in [0.29, 0.717) is 22.6 Å². The van der Waals surface area contributed by atoms with Crippen LogP contribution in [0.25, 0.3) is 11.5 Å². The lowest BCUT2D eigenvalue weighted by Crippen LogP contribution is -2.42. The van der Waals surface area contributed by atoms with E-state index < -0.39 is 0 Å². The molecule has 31 heavy (non-hydrogen) atoms. The van der Waals surface area contributed by atoms with E-state index in [0.717, 1.165) is 36.9 Å². The van der Waals surface area contributed by atoms with Gasteiger partial charge in [0.15, 0.2) is 11.5 Å². The molecule has 0 bridgehead atoms. The van der Waals surface area contributed by atoms with E-state index in [4.69, 9.17) is 13.9 Å². The lowest BCUT2D eigenvalue weighted by Gasteiger charge is -2.34. The van der Waals surface area contributed by atoms with Crippen LogP contribution < -0.4 is 14.4 Å². The molecule has 1 aliphatic heterocycles. The maximum atomic E-state index is 13.2. The molecule has 0 spiro atoms. The minimum Gasteiger partial charge on any atom is -0.454 e. The molecule has 2 aromatic carbocycles. The van der Waals surface area contributed by atoms with E-state index >= 15 is 0 Å². The Morgan fingerprint density at radius 1 is 1.00 bits per heavy atom. The molecule has 0 saturated heterocycles. The summed E-state index contributed by atoms with van der Waals surface area (Å²) in [5.74, 6) is 2.05. The third-order valence-corrected chi connectivity index (χ3v) is 6.39. The molecule has 0 radical (unpaired) electrons. The number of ether oxygens (including phenoxy) is 2. The zero-order valence-corrected chi connectivity index (χ0v) is 17.8. The normalized spacial score (nSPS) is 15.7. The Kier molecular flexibility index (Phi) is 5.80. The molecule has 3 aromatic rings. The van der Waals surface area contributed by atoms with E-state index in [-0.39, 0.29) is 24.5 Å². The zero-order chi connectivity index (χ0) is 21.0. The average Bonchev–Trinajstić information content (AvgIpc) is 3.48. The third-order valence-electron chi connectivity index (χ3n) is 5.59. The molecule has 2 aliphatic rings. The molecule has 7 nitrogen and oxygen atoms in total. The maximum Gasteiger partial charge on any atom is 0.277 e. The van der Waals surface area contributed by atoms with Gasteiger partial charge >= 0.3 is 0 Å². The highest BCUT2D eigenvalue weighted by Gasteiger charge is 2.27. The maximum absolute atomic E-state index is 13.2. The fraction of sp³-hybridized carbons (Fsp3) is 0.348. The van der Waals surface area contributed by atoms with Gasteiger partial charge in [-0.05, 0) is 43.2 Å². The van der Waals surface area contributed by atoms with Gasteiger partial charge in [0.25, 0.3) is 5.22 Å². The Balaban J connectivity index is 1.28. The van der Waals surface area contributed by atoms with E-state index in [9.17, 15) is 4.79 Å². The lowest BCUT2D eigenvalue weighted by atomic mass is 9.93. The van der Waals surface area contributed by atoms with Gasteiger partial charge in [0.1, 0.15) is 0 Å². The van der Waals surface area contributed by atoms with Gasteiger partial charge in [0.05, 0.1) is 5.75 Å². The van der Waals surface area contributed by atoms with Gasteiger partial charge in [0.2, 0.25) is 18.6 Å². The fourth-order valence-electron chi connectivity index (χ4n) is 4.09. The largest absolute Gasteiger partial charge is 0.454 e. The van der Waals surface area contributed by atoms with Crippen LogP contribution in [0.4, 0.5) is 5.69 Å². The molecule has 8 heteroatoms. The minimum absolute atomic E-state index is 0.0610. The molecule has 1 amide bonds. The van der Waals surface area contributed by atoms with Crippen LogP contribution in [-0.2, 0) is 4.79 Å². The second kappa shape index (κ2) is 9.01. The first-order valence-corrected chi connectivity index (χ1v) is 11.5. The molecular formula is C23H23N3O4S. The van der Waals surface area contributed by atoms with E-state index in [2.05, 4.69) is 10.2 Å². The Bertz CT molecular complexity index is 1050. The molecule has 1 aromatic heterocycles. The summed E-state index contributed by atoms with van der Waals surface area (Å²) in [6.45, 7) is 0.213. The van der Waals surface area contributed by atoms with Crippen molar-refractivity contribution in [2.24, 2.45) is 0 Å². The van der Waals surface area contributed by atoms with Crippen molar-refractivity contribution in [3.8, 4) is 23.0 Å². The highest BCUT2D eigenvalue weighted by molar-refractivity contribution is 7.99. The second-order valence-corrected chi connectivity index (χ2v) is 8.55. The van der Waals surface area contributed by atoms with Crippen molar-refractivity contribution in [2.75, 3.05) is 17.4 Å². The summed E-state index contributed by atoms with van der Waals surface area (Å²) in [4.78, 5) is 15.2. The van der Waals surface area contributed by atoms with Crippen LogP contribution in [0.3, 0.4) is 0 Å². The molecule has 0 N–H and O–H groups in total. The molecule has 2 heterocycles. The Morgan fingerprint density at radius 3 is 2.65 bits per heavy atom. The van der Waals surface area contributed by atoms with Crippen LogP contribution in [0.1, 0.15) is 32.1 Å². The van der Waals surface area contributed by atoms with Crippen LogP contribution in [-0.4, -0.2) is 34.7 Å². The SMILES string of the molecule is O=C(CSc1nnc(-c2ccc3c(c2)OCO3)o1)N(c1ccccc1)C1CCCCC1. The third kappa shape index (κ3) is 4.39. The number of amides is 1. The van der Waals surface area contributed by atoms with Crippen molar-refractivity contribution in [1.29, 1.82) is 0 Å². The highest BCUT2D eigenvalue weighted by Crippen LogP contribution is 2.36. The topological polar surface area (TPSA) is 77.7 Å². The zero-order valence-electron chi connectivity index (χ0n) is 17.0. The number of para-hydroxylation sites is 1. The lowest BCUT2D eigenvalue weighted by molar-refractivity contribution is -0.116. The molecule has 1 aliphatic carbocycles. The summed E-state index contributed by atoms with van der Waals surface area (Å²) in [7, 11) is 0. The molecule has 1 fully saturated rings. The summed E-state index contributed by atoms with van der Waals surface area (Å²) in [5, 5.41) is 8.60. The van der Waals surface area contributed by atoms with Crippen LogP contribution in [0.15, 0.2) is 58.2 Å². The van der Waals surface area contributed by atoms with Gasteiger partial charge in [-0.25, -0.2) is 0 Å². The first-order valence-electron chi connectivity index (χ1n) is 10.5. The molecule has 160 valence electrons. The predicted octanol–water partition coefficient (Wildman–Crippen LogP) is 4.92. The standard InChI is InChI=1S/C23H23N3O4S/c27-21(26(17-7-3-1-4-8-17)18-9-5-2-6-10-18)14-31-23-25-24-22(30-23)16-11-12-19-20(13-16)29-15-28-19/h1,3-4,7-8,11-13,18H,2,5-6,9-10,14-15H2. The minimum atomic E-state index is 0.0610. The smallest absolute Gasteiger partial charge is 0.277 e. The average molecular weight is 438 g/mol. The van der Waals surface area contributed by atoms with E-state index in [1.807, 2.05) is 53.4 Å². The monoisotopic (exact) mass is 437 g/mol. The van der Waals surface area contributed by atoms with Gasteiger partial charge < -0.3 is 18.8 Å². The van der Waals surface area contributed by atoms with E-state index in [1.165, 1.54) is 18.2 Å². The predicted molar refractivity (Wildman–Crippen MR) is 117 cm³/mol. The molecule has 5 rings (SSSR count). The van der Waals surface area contributed by atoms with Crippen LogP contribution in [0.5, 0.6) is 11.5 Å². The van der Waals surface area contributed by atoms with Crippen molar-refractivity contribution in [2.45, 2.75) is 43.4 Å². The number of fused-ring (bicyclic) bond motifs is 1. The van der Waals surface area contributed by atoms with Gasteiger partial charge in [-0.1, -0.05) is 49.2 Å². The number of carbonyl (C=O) groups excluding carboxylic acids is 1. The molecule has 0 unspecified atom stereocenters. The van der Waals surface area contributed by atoms with Crippen molar-refractivity contribution in [1.82, 2.24) is 10.2 Å². The number of benzene rings is 2. The van der Waals surface area contributed by atoms with Crippen LogP contribution >= 0.6 is 11.8 Å². The van der Waals surface area contributed by atoms with E-state index in [1.54, 1.807) is 0 Å². The van der Waals surface area contributed by atoms with Crippen molar-refractivity contribution < 1.29 is 18.7 Å². The molecular weight excluding hydrogens is 414 g/mol. The number of thioether (sulfide) groups is 1. The summed E-state index contributed by atoms with van der Waals surface area (Å²) in [5.41, 5.74) is 1.70.